The highest BCUT2D eigenvalue weighted by molar-refractivity contribution is 7.89. The first-order chi connectivity index (χ1) is 16.2. The average molecular weight is 520 g/mol. The summed E-state index contributed by atoms with van der Waals surface area (Å²) < 4.78 is 110. The van der Waals surface area contributed by atoms with E-state index in [0.717, 1.165) is 24.4 Å². The number of halogens is 6. The molecule has 7 nitrogen and oxygen atoms in total. The highest BCUT2D eigenvalue weighted by Crippen LogP contribution is 2.39. The lowest BCUT2D eigenvalue weighted by molar-refractivity contribution is -0.147. The minimum atomic E-state index is -4.81. The molecule has 2 aromatic heterocycles. The number of sulfonamides is 1. The zero-order chi connectivity index (χ0) is 26.3. The number of nitrogens with one attached hydrogen (secondary N) is 1. The Hall–Kier alpha value is -3.31. The third-order valence-corrected chi connectivity index (χ3v) is 6.52. The predicted octanol–water partition coefficient (Wildman–Crippen LogP) is 5.13. The predicted molar refractivity (Wildman–Crippen MR) is 113 cm³/mol. The summed E-state index contributed by atoms with van der Waals surface area (Å²) in [5.41, 5.74) is -0.0701. The summed E-state index contributed by atoms with van der Waals surface area (Å²) in [5, 5.41) is 9.57. The number of rotatable bonds is 7. The van der Waals surface area contributed by atoms with E-state index in [9.17, 15) is 40.0 Å². The summed E-state index contributed by atoms with van der Waals surface area (Å²) in [4.78, 5) is 3.42. The molecule has 1 aromatic carbocycles. The zero-order valence-corrected chi connectivity index (χ0v) is 19.2. The van der Waals surface area contributed by atoms with Crippen molar-refractivity contribution in [3.63, 3.8) is 0 Å². The van der Waals surface area contributed by atoms with Crippen LogP contribution in [0.15, 0.2) is 35.4 Å². The molecule has 0 spiro atoms. The van der Waals surface area contributed by atoms with Gasteiger partial charge in [0.1, 0.15) is 28.6 Å². The van der Waals surface area contributed by atoms with E-state index < -0.39 is 51.4 Å². The molecule has 0 saturated carbocycles. The first-order valence-electron chi connectivity index (χ1n) is 9.95. The van der Waals surface area contributed by atoms with Crippen LogP contribution in [0.4, 0.5) is 26.3 Å². The maximum atomic E-state index is 14.9. The molecular formula is C21H18F6N4O3S. The van der Waals surface area contributed by atoms with Gasteiger partial charge in [-0.05, 0) is 32.9 Å². The van der Waals surface area contributed by atoms with Crippen LogP contribution >= 0.6 is 0 Å². The summed E-state index contributed by atoms with van der Waals surface area (Å²) in [6, 6.07) is 3.03. The lowest BCUT2D eigenvalue weighted by Gasteiger charge is -2.17. The topological polar surface area (TPSA) is 97.0 Å². The molecule has 0 bridgehead atoms. The van der Waals surface area contributed by atoms with Crippen molar-refractivity contribution < 1.29 is 39.5 Å². The molecule has 1 unspecified atom stereocenters. The number of hydrogen-bond donors (Lipinski definition) is 1. The van der Waals surface area contributed by atoms with Crippen molar-refractivity contribution in [3.05, 3.63) is 41.8 Å². The van der Waals surface area contributed by atoms with Crippen molar-refractivity contribution in [2.45, 2.75) is 50.5 Å². The van der Waals surface area contributed by atoms with E-state index >= 15 is 0 Å². The molecule has 14 heteroatoms. The van der Waals surface area contributed by atoms with Gasteiger partial charge in [-0.2, -0.15) is 31.9 Å². The van der Waals surface area contributed by atoms with Crippen molar-refractivity contribution in [3.8, 4) is 23.2 Å². The first-order valence-corrected chi connectivity index (χ1v) is 11.4. The van der Waals surface area contributed by atoms with Crippen molar-refractivity contribution in [2.24, 2.45) is 0 Å². The minimum Gasteiger partial charge on any atom is -0.435 e. The number of alkyl halides is 5. The molecule has 188 valence electrons. The molecule has 0 saturated heterocycles. The van der Waals surface area contributed by atoms with Crippen LogP contribution in [0.2, 0.25) is 0 Å². The van der Waals surface area contributed by atoms with E-state index in [1.807, 2.05) is 6.07 Å². The summed E-state index contributed by atoms with van der Waals surface area (Å²) in [6.07, 6.45) is -4.01. The van der Waals surface area contributed by atoms with Crippen molar-refractivity contribution in [1.82, 2.24) is 14.3 Å². The van der Waals surface area contributed by atoms with Gasteiger partial charge in [-0.3, -0.25) is 4.98 Å². The largest absolute Gasteiger partial charge is 0.435 e. The van der Waals surface area contributed by atoms with E-state index in [2.05, 4.69) is 9.72 Å². The van der Waals surface area contributed by atoms with Crippen LogP contribution in [0, 0.1) is 17.1 Å². The standard InChI is InChI=1S/C21H18F6N4O3S/c1-10(2)31-17-7-12(34-20(23)24)6-15(22)18(17)14(8-28)19(31)16-5-4-13(9-29-16)35(32,33)30-11(3)21(25,26)27/h4-7,9-11,20,30H,1-3H3. The smallest absolute Gasteiger partial charge is 0.404 e. The molecule has 0 aliphatic rings. The van der Waals surface area contributed by atoms with Crippen LogP contribution in [0.1, 0.15) is 32.4 Å². The van der Waals surface area contributed by atoms with Gasteiger partial charge in [-0.25, -0.2) is 12.8 Å². The molecule has 1 atom stereocenters. The molecule has 2 heterocycles. The number of nitriles is 1. The Bertz CT molecular complexity index is 1390. The summed E-state index contributed by atoms with van der Waals surface area (Å²) >= 11 is 0. The van der Waals surface area contributed by atoms with Crippen LogP contribution in [-0.4, -0.2) is 36.8 Å². The zero-order valence-electron chi connectivity index (χ0n) is 18.4. The second-order valence-corrected chi connectivity index (χ2v) is 9.45. The number of ether oxygens (including phenoxy) is 1. The number of nitrogens with zero attached hydrogens (tertiary/aromatic N) is 3. The van der Waals surface area contributed by atoms with Gasteiger partial charge < -0.3 is 9.30 Å². The second-order valence-electron chi connectivity index (χ2n) is 7.74. The molecule has 0 aliphatic heterocycles. The van der Waals surface area contributed by atoms with Gasteiger partial charge in [0.2, 0.25) is 10.0 Å². The van der Waals surface area contributed by atoms with Crippen molar-refractivity contribution in [2.75, 3.05) is 0 Å². The Kier molecular flexibility index (Phi) is 7.05. The van der Waals surface area contributed by atoms with Crippen LogP contribution in [0.5, 0.6) is 5.75 Å². The maximum Gasteiger partial charge on any atom is 0.404 e. The van der Waals surface area contributed by atoms with Gasteiger partial charge in [0.05, 0.1) is 27.9 Å². The van der Waals surface area contributed by atoms with Gasteiger partial charge >= 0.3 is 12.8 Å². The number of benzene rings is 1. The summed E-state index contributed by atoms with van der Waals surface area (Å²) in [7, 11) is -4.58. The van der Waals surface area contributed by atoms with Gasteiger partial charge in [0.25, 0.3) is 0 Å². The fraction of sp³-hybridized carbons (Fsp3) is 0.333. The number of aromatic nitrogens is 2. The molecular weight excluding hydrogens is 502 g/mol. The van der Waals surface area contributed by atoms with E-state index in [1.54, 1.807) is 13.8 Å². The normalized spacial score (nSPS) is 13.4. The highest BCUT2D eigenvalue weighted by Gasteiger charge is 2.39. The SMILES string of the molecule is CC(C)n1c(-c2ccc(S(=O)(=O)NC(C)C(F)(F)F)cn2)c(C#N)c2c(F)cc(OC(F)F)cc21. The Morgan fingerprint density at radius 2 is 1.83 bits per heavy atom. The lowest BCUT2D eigenvalue weighted by atomic mass is 10.1. The maximum absolute atomic E-state index is 14.9. The third kappa shape index (κ3) is 5.20. The Morgan fingerprint density at radius 1 is 1.17 bits per heavy atom. The number of pyridine rings is 1. The van der Waals surface area contributed by atoms with Crippen LogP contribution in [-0.2, 0) is 10.0 Å². The van der Waals surface area contributed by atoms with Gasteiger partial charge in [0.15, 0.2) is 0 Å². The number of hydrogen-bond acceptors (Lipinski definition) is 5. The number of fused-ring (bicyclic) bond motifs is 1. The lowest BCUT2D eigenvalue weighted by Crippen LogP contribution is -2.42. The second kappa shape index (κ2) is 9.38. The van der Waals surface area contributed by atoms with Crippen LogP contribution in [0.3, 0.4) is 0 Å². The fourth-order valence-corrected chi connectivity index (χ4v) is 4.65. The van der Waals surface area contributed by atoms with Gasteiger partial charge in [-0.1, -0.05) is 0 Å². The van der Waals surface area contributed by atoms with E-state index in [0.29, 0.717) is 13.0 Å². The Labute approximate surface area is 196 Å². The molecule has 3 aromatic rings. The fourth-order valence-electron chi connectivity index (χ4n) is 3.48. The first kappa shape index (κ1) is 26.3. The Balaban J connectivity index is 2.17. The van der Waals surface area contributed by atoms with E-state index in [-0.39, 0.29) is 27.9 Å². The summed E-state index contributed by atoms with van der Waals surface area (Å²) in [5.74, 6) is -1.47. The van der Waals surface area contributed by atoms with Crippen LogP contribution in [0.25, 0.3) is 22.3 Å². The Morgan fingerprint density at radius 3 is 2.31 bits per heavy atom. The van der Waals surface area contributed by atoms with Crippen molar-refractivity contribution >= 4 is 20.9 Å². The third-order valence-electron chi connectivity index (χ3n) is 5.00. The molecule has 35 heavy (non-hydrogen) atoms. The molecule has 3 rings (SSSR count). The van der Waals surface area contributed by atoms with E-state index in [4.69, 9.17) is 0 Å². The highest BCUT2D eigenvalue weighted by atomic mass is 32.2. The van der Waals surface area contributed by atoms with Crippen LogP contribution < -0.4 is 9.46 Å². The molecule has 0 radical (unpaired) electrons. The average Bonchev–Trinajstić information content (AvgIpc) is 3.07. The monoisotopic (exact) mass is 520 g/mol. The molecule has 0 aliphatic carbocycles. The van der Waals surface area contributed by atoms with Crippen molar-refractivity contribution in [1.29, 1.82) is 5.26 Å². The van der Waals surface area contributed by atoms with E-state index in [1.165, 1.54) is 9.29 Å². The van der Waals surface area contributed by atoms with Gasteiger partial charge in [-0.15, -0.1) is 0 Å². The summed E-state index contributed by atoms with van der Waals surface area (Å²) in [6.45, 7) is 0.766. The molecule has 0 fully saturated rings. The van der Waals surface area contributed by atoms with Gasteiger partial charge in [0, 0.05) is 24.4 Å². The molecule has 0 amide bonds. The minimum absolute atomic E-state index is 0.00463. The quantitative estimate of drug-likeness (QED) is 0.436. The molecule has 1 N–H and O–H groups in total.